The normalized spacial score (nSPS) is 20.6. The summed E-state index contributed by atoms with van der Waals surface area (Å²) in [6.45, 7) is 2.90. The molecule has 2 unspecified atom stereocenters. The highest BCUT2D eigenvalue weighted by Gasteiger charge is 2.26. The predicted molar refractivity (Wildman–Crippen MR) is 76.4 cm³/mol. The number of carbonyl (C=O) groups is 1. The molecule has 110 valence electrons. The maximum Gasteiger partial charge on any atom is 0.321 e. The first-order chi connectivity index (χ1) is 9.47. The molecule has 4 nitrogen and oxygen atoms in total. The Morgan fingerprint density at radius 1 is 1.60 bits per heavy atom. The number of benzene rings is 1. The minimum absolute atomic E-state index is 0.0955. The van der Waals surface area contributed by atoms with Gasteiger partial charge in [0.05, 0.1) is 16.8 Å². The summed E-state index contributed by atoms with van der Waals surface area (Å²) in [4.78, 5) is 13.8. The molecule has 1 aliphatic rings. The molecule has 2 N–H and O–H groups in total. The molecule has 0 bridgehead atoms. The fourth-order valence-electron chi connectivity index (χ4n) is 2.37. The number of hydrogen-bond donors (Lipinski definition) is 2. The summed E-state index contributed by atoms with van der Waals surface area (Å²) in [5, 5.41) is 12.5. The van der Waals surface area contributed by atoms with Crippen LogP contribution >= 0.6 is 11.6 Å². The zero-order valence-electron chi connectivity index (χ0n) is 11.3. The molecule has 20 heavy (non-hydrogen) atoms. The number of hydrogen-bond acceptors (Lipinski definition) is 2. The van der Waals surface area contributed by atoms with Crippen LogP contribution in [0.2, 0.25) is 5.02 Å². The number of rotatable bonds is 2. The largest absolute Gasteiger partial charge is 0.393 e. The smallest absolute Gasteiger partial charge is 0.321 e. The van der Waals surface area contributed by atoms with Gasteiger partial charge in [-0.15, -0.1) is 0 Å². The summed E-state index contributed by atoms with van der Waals surface area (Å²) in [6.07, 6.45) is 1.35. The lowest BCUT2D eigenvalue weighted by Crippen LogP contribution is -2.44. The Hall–Kier alpha value is -1.33. The third-order valence-corrected chi connectivity index (χ3v) is 3.91. The number of aliphatic hydroxyl groups excluding tert-OH is 1. The maximum atomic E-state index is 12.9. The lowest BCUT2D eigenvalue weighted by molar-refractivity contribution is 0.0766. The molecule has 0 radical (unpaired) electrons. The van der Waals surface area contributed by atoms with E-state index in [2.05, 4.69) is 5.32 Å². The summed E-state index contributed by atoms with van der Waals surface area (Å²) in [7, 11) is 0. The minimum atomic E-state index is -0.444. The van der Waals surface area contributed by atoms with Crippen molar-refractivity contribution in [3.63, 3.8) is 0 Å². The quantitative estimate of drug-likeness (QED) is 0.882. The van der Waals surface area contributed by atoms with Crippen molar-refractivity contribution < 1.29 is 14.3 Å². The van der Waals surface area contributed by atoms with Crippen LogP contribution in [0.1, 0.15) is 19.8 Å². The van der Waals surface area contributed by atoms with Crippen LogP contribution in [-0.4, -0.2) is 35.2 Å². The zero-order valence-corrected chi connectivity index (χ0v) is 12.0. The van der Waals surface area contributed by atoms with E-state index >= 15 is 0 Å². The van der Waals surface area contributed by atoms with Gasteiger partial charge in [-0.1, -0.05) is 11.6 Å². The molecule has 0 aromatic heterocycles. The first-order valence-electron chi connectivity index (χ1n) is 6.66. The number of piperidine rings is 1. The van der Waals surface area contributed by atoms with Gasteiger partial charge < -0.3 is 15.3 Å². The molecule has 0 saturated carbocycles. The van der Waals surface area contributed by atoms with E-state index in [1.807, 2.05) is 0 Å². The molecular formula is C14H18ClFN2O2. The van der Waals surface area contributed by atoms with Crippen LogP contribution in [0.3, 0.4) is 0 Å². The van der Waals surface area contributed by atoms with Crippen LogP contribution in [0, 0.1) is 11.7 Å². The number of nitrogens with one attached hydrogen (secondary N) is 1. The van der Waals surface area contributed by atoms with Crippen LogP contribution in [0.15, 0.2) is 18.2 Å². The van der Waals surface area contributed by atoms with Crippen LogP contribution in [-0.2, 0) is 0 Å². The van der Waals surface area contributed by atoms with Crippen molar-refractivity contribution in [1.82, 2.24) is 4.90 Å². The van der Waals surface area contributed by atoms with Crippen molar-refractivity contribution in [2.24, 2.45) is 5.92 Å². The topological polar surface area (TPSA) is 52.6 Å². The fraction of sp³-hybridized carbons (Fsp3) is 0.500. The van der Waals surface area contributed by atoms with Crippen molar-refractivity contribution in [3.8, 4) is 0 Å². The molecule has 1 heterocycles. The van der Waals surface area contributed by atoms with Gasteiger partial charge in [-0.25, -0.2) is 9.18 Å². The maximum absolute atomic E-state index is 12.9. The second-order valence-corrected chi connectivity index (χ2v) is 5.55. The molecule has 2 amide bonds. The first kappa shape index (κ1) is 15.1. The molecule has 0 spiro atoms. The van der Waals surface area contributed by atoms with Crippen LogP contribution in [0.5, 0.6) is 0 Å². The van der Waals surface area contributed by atoms with Gasteiger partial charge in [0, 0.05) is 19.0 Å². The summed E-state index contributed by atoms with van der Waals surface area (Å²) in [5.74, 6) is -0.349. The van der Waals surface area contributed by atoms with E-state index in [9.17, 15) is 14.3 Å². The van der Waals surface area contributed by atoms with E-state index in [1.165, 1.54) is 12.1 Å². The molecule has 1 aliphatic heterocycles. The lowest BCUT2D eigenvalue weighted by Gasteiger charge is -2.34. The summed E-state index contributed by atoms with van der Waals surface area (Å²) < 4.78 is 12.9. The first-order valence-corrected chi connectivity index (χ1v) is 7.04. The van der Waals surface area contributed by atoms with Crippen molar-refractivity contribution in [2.75, 3.05) is 18.4 Å². The Balaban J connectivity index is 2.00. The van der Waals surface area contributed by atoms with Crippen molar-refractivity contribution >= 4 is 23.3 Å². The number of urea groups is 1. The number of halogens is 2. The molecule has 1 fully saturated rings. The Kier molecular flexibility index (Phi) is 4.83. The number of carbonyl (C=O) groups excluding carboxylic acids is 1. The van der Waals surface area contributed by atoms with Gasteiger partial charge in [-0.05, 0) is 38.0 Å². The van der Waals surface area contributed by atoms with Gasteiger partial charge in [0.25, 0.3) is 0 Å². The summed E-state index contributed by atoms with van der Waals surface area (Å²) in [5.41, 5.74) is 0.386. The average Bonchev–Trinajstić information content (AvgIpc) is 2.42. The predicted octanol–water partition coefficient (Wildman–Crippen LogP) is 3.10. The van der Waals surface area contributed by atoms with E-state index in [1.54, 1.807) is 11.8 Å². The second kappa shape index (κ2) is 6.41. The fourth-order valence-corrected chi connectivity index (χ4v) is 2.59. The van der Waals surface area contributed by atoms with E-state index < -0.39 is 11.9 Å². The number of aliphatic hydroxyl groups is 1. The van der Waals surface area contributed by atoms with E-state index in [-0.39, 0.29) is 17.0 Å². The van der Waals surface area contributed by atoms with Crippen molar-refractivity contribution in [2.45, 2.75) is 25.9 Å². The van der Waals surface area contributed by atoms with Gasteiger partial charge in [0.1, 0.15) is 5.82 Å². The van der Waals surface area contributed by atoms with E-state index in [0.29, 0.717) is 18.8 Å². The Morgan fingerprint density at radius 3 is 3.00 bits per heavy atom. The Morgan fingerprint density at radius 2 is 2.35 bits per heavy atom. The van der Waals surface area contributed by atoms with E-state index in [4.69, 9.17) is 11.6 Å². The second-order valence-electron chi connectivity index (χ2n) is 5.14. The molecular weight excluding hydrogens is 283 g/mol. The third kappa shape index (κ3) is 3.61. The monoisotopic (exact) mass is 300 g/mol. The Labute approximate surface area is 122 Å². The van der Waals surface area contributed by atoms with Gasteiger partial charge in [-0.2, -0.15) is 0 Å². The number of amides is 2. The molecule has 0 aliphatic carbocycles. The molecule has 1 saturated heterocycles. The van der Waals surface area contributed by atoms with Crippen LogP contribution in [0.25, 0.3) is 0 Å². The molecule has 2 atom stereocenters. The zero-order chi connectivity index (χ0) is 14.7. The highest BCUT2D eigenvalue weighted by Crippen LogP contribution is 2.24. The Bertz CT molecular complexity index is 496. The van der Waals surface area contributed by atoms with Crippen molar-refractivity contribution in [3.05, 3.63) is 29.0 Å². The van der Waals surface area contributed by atoms with Gasteiger partial charge >= 0.3 is 6.03 Å². The molecule has 1 aromatic rings. The number of nitrogens with zero attached hydrogens (tertiary/aromatic N) is 1. The summed E-state index contributed by atoms with van der Waals surface area (Å²) >= 11 is 5.88. The lowest BCUT2D eigenvalue weighted by atomic mass is 9.94. The minimum Gasteiger partial charge on any atom is -0.393 e. The highest BCUT2D eigenvalue weighted by molar-refractivity contribution is 6.33. The molecule has 6 heteroatoms. The van der Waals surface area contributed by atoms with Crippen molar-refractivity contribution in [1.29, 1.82) is 0 Å². The molecule has 2 rings (SSSR count). The SMILES string of the molecule is CC(O)C1CCCN(C(=O)Nc2ccc(F)cc2Cl)C1. The van der Waals surface area contributed by atoms with E-state index in [0.717, 1.165) is 18.9 Å². The van der Waals surface area contributed by atoms with Gasteiger partial charge in [0.2, 0.25) is 0 Å². The summed E-state index contributed by atoms with van der Waals surface area (Å²) in [6, 6.07) is 3.57. The van der Waals surface area contributed by atoms with Gasteiger partial charge in [-0.3, -0.25) is 0 Å². The standard InChI is InChI=1S/C14H18ClFN2O2/c1-9(19)10-3-2-6-18(8-10)14(20)17-13-5-4-11(16)7-12(13)15/h4-5,7,9-10,19H,2-3,6,8H2,1H3,(H,17,20). The van der Waals surface area contributed by atoms with Crippen LogP contribution in [0.4, 0.5) is 14.9 Å². The number of likely N-dealkylation sites (tertiary alicyclic amines) is 1. The number of anilines is 1. The average molecular weight is 301 g/mol. The van der Waals surface area contributed by atoms with Crippen LogP contribution < -0.4 is 5.32 Å². The molecule has 1 aromatic carbocycles. The highest BCUT2D eigenvalue weighted by atomic mass is 35.5. The third-order valence-electron chi connectivity index (χ3n) is 3.60. The van der Waals surface area contributed by atoms with Gasteiger partial charge in [0.15, 0.2) is 0 Å².